The van der Waals surface area contributed by atoms with Crippen molar-refractivity contribution in [3.05, 3.63) is 42.7 Å². The first kappa shape index (κ1) is 19.7. The van der Waals surface area contributed by atoms with Gasteiger partial charge in [0.05, 0.1) is 11.5 Å². The Labute approximate surface area is 143 Å². The summed E-state index contributed by atoms with van der Waals surface area (Å²) in [5, 5.41) is 5.08. The second-order valence-electron chi connectivity index (χ2n) is 4.71. The molecule has 1 atom stereocenters. The van der Waals surface area contributed by atoms with E-state index in [4.69, 9.17) is 4.74 Å². The standard InChI is InChI=1S/C16H19FN2O4S/c1-3-8-18-16(22)11(2)23-15(21)10-24-9-14(20)19-13-6-4-12(17)5-7-13/h3-7,11H,1,8-10H2,2H3,(H,18,22)(H,19,20)/t11-/m1/s1. The number of benzene rings is 1. The second kappa shape index (κ2) is 10.4. The molecule has 0 radical (unpaired) electrons. The largest absolute Gasteiger partial charge is 0.452 e. The summed E-state index contributed by atoms with van der Waals surface area (Å²) in [6, 6.07) is 5.35. The fourth-order valence-electron chi connectivity index (χ4n) is 1.56. The van der Waals surface area contributed by atoms with Gasteiger partial charge in [-0.2, -0.15) is 0 Å². The first-order chi connectivity index (χ1) is 11.4. The van der Waals surface area contributed by atoms with Gasteiger partial charge in [-0.15, -0.1) is 18.3 Å². The zero-order valence-electron chi connectivity index (χ0n) is 13.2. The number of esters is 1. The number of amides is 2. The first-order valence-electron chi connectivity index (χ1n) is 7.13. The Kier molecular flexibility index (Phi) is 8.56. The Bertz CT molecular complexity index is 592. The van der Waals surface area contributed by atoms with Gasteiger partial charge in [-0.1, -0.05) is 6.08 Å². The summed E-state index contributed by atoms with van der Waals surface area (Å²) in [5.74, 6) is -1.75. The summed E-state index contributed by atoms with van der Waals surface area (Å²) >= 11 is 1.05. The highest BCUT2D eigenvalue weighted by atomic mass is 32.2. The summed E-state index contributed by atoms with van der Waals surface area (Å²) in [5.41, 5.74) is 0.470. The molecule has 8 heteroatoms. The number of carbonyl (C=O) groups is 3. The lowest BCUT2D eigenvalue weighted by Crippen LogP contribution is -2.36. The maximum Gasteiger partial charge on any atom is 0.316 e. The minimum absolute atomic E-state index is 0.0313. The number of ether oxygens (including phenoxy) is 1. The number of rotatable bonds is 9. The van der Waals surface area contributed by atoms with Gasteiger partial charge in [0.2, 0.25) is 5.91 Å². The van der Waals surface area contributed by atoms with Crippen LogP contribution >= 0.6 is 11.8 Å². The maximum atomic E-state index is 12.7. The van der Waals surface area contributed by atoms with E-state index in [9.17, 15) is 18.8 Å². The Morgan fingerprint density at radius 1 is 1.29 bits per heavy atom. The van der Waals surface area contributed by atoms with E-state index in [1.165, 1.54) is 37.3 Å². The van der Waals surface area contributed by atoms with Crippen molar-refractivity contribution in [2.75, 3.05) is 23.4 Å². The number of halogens is 1. The van der Waals surface area contributed by atoms with Crippen molar-refractivity contribution >= 4 is 35.2 Å². The van der Waals surface area contributed by atoms with E-state index in [2.05, 4.69) is 17.2 Å². The molecule has 1 rings (SSSR count). The second-order valence-corrected chi connectivity index (χ2v) is 5.70. The number of anilines is 1. The molecule has 0 heterocycles. The molecule has 0 saturated heterocycles. The van der Waals surface area contributed by atoms with Crippen LogP contribution in [0.3, 0.4) is 0 Å². The molecule has 1 aromatic rings. The molecule has 0 aliphatic carbocycles. The van der Waals surface area contributed by atoms with Crippen molar-refractivity contribution in [1.29, 1.82) is 0 Å². The van der Waals surface area contributed by atoms with Crippen molar-refractivity contribution in [2.24, 2.45) is 0 Å². The van der Waals surface area contributed by atoms with Crippen LogP contribution in [-0.4, -0.2) is 41.9 Å². The highest BCUT2D eigenvalue weighted by molar-refractivity contribution is 8.00. The minimum Gasteiger partial charge on any atom is -0.452 e. The third-order valence-electron chi connectivity index (χ3n) is 2.68. The van der Waals surface area contributed by atoms with Crippen LogP contribution in [0, 0.1) is 5.82 Å². The summed E-state index contributed by atoms with van der Waals surface area (Å²) in [6.07, 6.45) is 0.605. The minimum atomic E-state index is -0.911. The van der Waals surface area contributed by atoms with Crippen LogP contribution in [0.4, 0.5) is 10.1 Å². The molecule has 2 N–H and O–H groups in total. The fraction of sp³-hybridized carbons (Fsp3) is 0.312. The van der Waals surface area contributed by atoms with Crippen molar-refractivity contribution in [3.8, 4) is 0 Å². The lowest BCUT2D eigenvalue weighted by Gasteiger charge is -2.12. The molecular weight excluding hydrogens is 335 g/mol. The molecule has 0 aliphatic rings. The van der Waals surface area contributed by atoms with Gasteiger partial charge in [-0.05, 0) is 31.2 Å². The predicted octanol–water partition coefficient (Wildman–Crippen LogP) is 1.73. The molecule has 130 valence electrons. The number of thioether (sulfide) groups is 1. The van der Waals surface area contributed by atoms with Gasteiger partial charge in [0.1, 0.15) is 5.82 Å². The number of hydrogen-bond donors (Lipinski definition) is 2. The van der Waals surface area contributed by atoms with E-state index in [-0.39, 0.29) is 17.4 Å². The van der Waals surface area contributed by atoms with Gasteiger partial charge in [0, 0.05) is 12.2 Å². The van der Waals surface area contributed by atoms with Crippen molar-refractivity contribution in [3.63, 3.8) is 0 Å². The zero-order valence-corrected chi connectivity index (χ0v) is 14.0. The normalized spacial score (nSPS) is 11.2. The predicted molar refractivity (Wildman–Crippen MR) is 91.1 cm³/mol. The van der Waals surface area contributed by atoms with Gasteiger partial charge in [-0.25, -0.2) is 4.39 Å². The van der Waals surface area contributed by atoms with Crippen LogP contribution in [0.2, 0.25) is 0 Å². The lowest BCUT2D eigenvalue weighted by molar-refractivity contribution is -0.152. The molecule has 2 amide bonds. The van der Waals surface area contributed by atoms with Crippen molar-refractivity contribution in [2.45, 2.75) is 13.0 Å². The molecule has 0 fully saturated rings. The van der Waals surface area contributed by atoms with E-state index in [0.717, 1.165) is 11.8 Å². The van der Waals surface area contributed by atoms with E-state index in [0.29, 0.717) is 12.2 Å². The monoisotopic (exact) mass is 354 g/mol. The third kappa shape index (κ3) is 7.77. The number of nitrogens with one attached hydrogen (secondary N) is 2. The smallest absolute Gasteiger partial charge is 0.316 e. The molecular formula is C16H19FN2O4S. The summed E-state index contributed by atoms with van der Waals surface area (Å²) < 4.78 is 17.7. The van der Waals surface area contributed by atoms with E-state index < -0.39 is 23.8 Å². The quantitative estimate of drug-likeness (QED) is 0.521. The fourth-order valence-corrected chi connectivity index (χ4v) is 2.15. The van der Waals surface area contributed by atoms with Crippen LogP contribution in [0.5, 0.6) is 0 Å². The molecule has 0 aromatic heterocycles. The number of carbonyl (C=O) groups excluding carboxylic acids is 3. The van der Waals surface area contributed by atoms with Crippen molar-refractivity contribution in [1.82, 2.24) is 5.32 Å². The average Bonchev–Trinajstić information content (AvgIpc) is 2.54. The van der Waals surface area contributed by atoms with Gasteiger partial charge >= 0.3 is 5.97 Å². The van der Waals surface area contributed by atoms with Gasteiger partial charge in [0.15, 0.2) is 6.10 Å². The Hall–Kier alpha value is -2.35. The Balaban J connectivity index is 2.24. The lowest BCUT2D eigenvalue weighted by atomic mass is 10.3. The topological polar surface area (TPSA) is 84.5 Å². The van der Waals surface area contributed by atoms with Crippen LogP contribution in [-0.2, 0) is 19.1 Å². The van der Waals surface area contributed by atoms with Crippen LogP contribution in [0.25, 0.3) is 0 Å². The summed E-state index contributed by atoms with van der Waals surface area (Å²) in [4.78, 5) is 34.8. The van der Waals surface area contributed by atoms with E-state index >= 15 is 0 Å². The Morgan fingerprint density at radius 2 is 1.96 bits per heavy atom. The first-order valence-corrected chi connectivity index (χ1v) is 8.29. The van der Waals surface area contributed by atoms with Gasteiger partial charge < -0.3 is 15.4 Å². The number of hydrogen-bond acceptors (Lipinski definition) is 5. The molecule has 0 bridgehead atoms. The Morgan fingerprint density at radius 3 is 2.58 bits per heavy atom. The average molecular weight is 354 g/mol. The molecule has 24 heavy (non-hydrogen) atoms. The van der Waals surface area contributed by atoms with E-state index in [1.807, 2.05) is 0 Å². The molecule has 0 saturated carbocycles. The third-order valence-corrected chi connectivity index (χ3v) is 3.59. The van der Waals surface area contributed by atoms with Crippen LogP contribution in [0.15, 0.2) is 36.9 Å². The highest BCUT2D eigenvalue weighted by Crippen LogP contribution is 2.10. The van der Waals surface area contributed by atoms with Gasteiger partial charge in [0.25, 0.3) is 5.91 Å². The van der Waals surface area contributed by atoms with Gasteiger partial charge in [-0.3, -0.25) is 14.4 Å². The molecule has 6 nitrogen and oxygen atoms in total. The molecule has 0 spiro atoms. The molecule has 1 aromatic carbocycles. The summed E-state index contributed by atoms with van der Waals surface area (Å²) in [6.45, 7) is 5.21. The van der Waals surface area contributed by atoms with Crippen molar-refractivity contribution < 1.29 is 23.5 Å². The summed E-state index contributed by atoms with van der Waals surface area (Å²) in [7, 11) is 0. The molecule has 0 unspecified atom stereocenters. The molecule has 0 aliphatic heterocycles. The van der Waals surface area contributed by atoms with Crippen LogP contribution in [0.1, 0.15) is 6.92 Å². The SMILES string of the molecule is C=CCNC(=O)[C@@H](C)OC(=O)CSCC(=O)Nc1ccc(F)cc1. The zero-order chi connectivity index (χ0) is 17.9. The van der Waals surface area contributed by atoms with E-state index in [1.54, 1.807) is 0 Å². The highest BCUT2D eigenvalue weighted by Gasteiger charge is 2.17. The van der Waals surface area contributed by atoms with Crippen LogP contribution < -0.4 is 10.6 Å². The maximum absolute atomic E-state index is 12.7.